The Hall–Kier alpha value is -1.67. The molecule has 1 aliphatic heterocycles. The number of sulfonamides is 1. The SMILES string of the molecule is COc1ccc(C(CNS(=O)(=O)c2ccc(F)cc2Cl)N2CCCCC2)cc1. The number of halogens is 2. The first-order valence-corrected chi connectivity index (χ1v) is 11.1. The number of hydrogen-bond acceptors (Lipinski definition) is 4. The van der Waals surface area contributed by atoms with E-state index in [0.717, 1.165) is 49.4 Å². The lowest BCUT2D eigenvalue weighted by atomic mass is 10.0. The van der Waals surface area contributed by atoms with Gasteiger partial charge in [-0.1, -0.05) is 30.2 Å². The van der Waals surface area contributed by atoms with Crippen LogP contribution in [0.4, 0.5) is 4.39 Å². The van der Waals surface area contributed by atoms with Gasteiger partial charge in [-0.15, -0.1) is 0 Å². The van der Waals surface area contributed by atoms with Crippen molar-refractivity contribution in [2.24, 2.45) is 0 Å². The summed E-state index contributed by atoms with van der Waals surface area (Å²) in [6, 6.07) is 10.8. The van der Waals surface area contributed by atoms with Gasteiger partial charge in [0.2, 0.25) is 10.0 Å². The average Bonchev–Trinajstić information content (AvgIpc) is 2.69. The van der Waals surface area contributed by atoms with Gasteiger partial charge < -0.3 is 4.74 Å². The lowest BCUT2D eigenvalue weighted by molar-refractivity contribution is 0.164. The molecule has 0 saturated carbocycles. The Labute approximate surface area is 170 Å². The summed E-state index contributed by atoms with van der Waals surface area (Å²) in [6.07, 6.45) is 3.36. The van der Waals surface area contributed by atoms with Crippen LogP contribution in [0.25, 0.3) is 0 Å². The predicted octanol–water partition coefficient (Wildman–Crippen LogP) is 3.99. The van der Waals surface area contributed by atoms with E-state index in [1.54, 1.807) is 7.11 Å². The number of benzene rings is 2. The van der Waals surface area contributed by atoms with Crippen molar-refractivity contribution in [3.63, 3.8) is 0 Å². The molecule has 0 aliphatic carbocycles. The van der Waals surface area contributed by atoms with Crippen molar-refractivity contribution < 1.29 is 17.5 Å². The van der Waals surface area contributed by atoms with Crippen LogP contribution in [0.2, 0.25) is 5.02 Å². The Balaban J connectivity index is 1.82. The molecule has 1 atom stereocenters. The first kappa shape index (κ1) is 21.0. The minimum absolute atomic E-state index is 0.111. The van der Waals surface area contributed by atoms with Gasteiger partial charge in [-0.05, 0) is 61.8 Å². The summed E-state index contributed by atoms with van der Waals surface area (Å²) in [6.45, 7) is 2.02. The van der Waals surface area contributed by atoms with Crippen LogP contribution >= 0.6 is 11.6 Å². The molecule has 3 rings (SSSR count). The van der Waals surface area contributed by atoms with E-state index >= 15 is 0 Å². The molecule has 0 spiro atoms. The van der Waals surface area contributed by atoms with Crippen LogP contribution < -0.4 is 9.46 Å². The molecule has 1 N–H and O–H groups in total. The molecule has 2 aromatic rings. The molecule has 1 aliphatic rings. The summed E-state index contributed by atoms with van der Waals surface area (Å²) in [5, 5.41) is -0.133. The lowest BCUT2D eigenvalue weighted by Crippen LogP contribution is -2.40. The molecule has 2 aromatic carbocycles. The second kappa shape index (κ2) is 9.22. The van der Waals surface area contributed by atoms with Crippen LogP contribution in [0.5, 0.6) is 5.75 Å². The van der Waals surface area contributed by atoms with E-state index in [9.17, 15) is 12.8 Å². The first-order valence-electron chi connectivity index (χ1n) is 9.23. The van der Waals surface area contributed by atoms with Gasteiger partial charge in [-0.3, -0.25) is 4.90 Å². The minimum atomic E-state index is -3.86. The summed E-state index contributed by atoms with van der Waals surface area (Å²) < 4.78 is 46.6. The fourth-order valence-corrected chi connectivity index (χ4v) is 5.04. The Morgan fingerprint density at radius 2 is 1.82 bits per heavy atom. The summed E-state index contributed by atoms with van der Waals surface area (Å²) in [4.78, 5) is 2.17. The van der Waals surface area contributed by atoms with Gasteiger partial charge >= 0.3 is 0 Å². The van der Waals surface area contributed by atoms with Gasteiger partial charge in [0.15, 0.2) is 0 Å². The number of methoxy groups -OCH3 is 1. The molecule has 0 radical (unpaired) electrons. The van der Waals surface area contributed by atoms with Crippen molar-refractivity contribution in [2.75, 3.05) is 26.7 Å². The number of hydrogen-bond donors (Lipinski definition) is 1. The molecule has 1 fully saturated rings. The smallest absolute Gasteiger partial charge is 0.242 e. The zero-order valence-electron chi connectivity index (χ0n) is 15.7. The van der Waals surface area contributed by atoms with Gasteiger partial charge in [0, 0.05) is 12.6 Å². The topological polar surface area (TPSA) is 58.6 Å². The van der Waals surface area contributed by atoms with Gasteiger partial charge in [-0.2, -0.15) is 0 Å². The highest BCUT2D eigenvalue weighted by molar-refractivity contribution is 7.89. The molecule has 0 bridgehead atoms. The Bertz CT molecular complexity index is 900. The third-order valence-corrected chi connectivity index (χ3v) is 6.89. The maximum Gasteiger partial charge on any atom is 0.242 e. The fourth-order valence-electron chi connectivity index (χ4n) is 3.47. The third-order valence-electron chi connectivity index (χ3n) is 4.98. The summed E-state index contributed by atoms with van der Waals surface area (Å²) in [5.74, 6) is 0.174. The highest BCUT2D eigenvalue weighted by Crippen LogP contribution is 2.27. The van der Waals surface area contributed by atoms with Crippen molar-refractivity contribution in [1.82, 2.24) is 9.62 Å². The number of likely N-dealkylation sites (tertiary alicyclic amines) is 1. The molecular weight excluding hydrogens is 403 g/mol. The Morgan fingerprint density at radius 1 is 1.14 bits per heavy atom. The molecule has 1 unspecified atom stereocenters. The van der Waals surface area contributed by atoms with E-state index in [0.29, 0.717) is 0 Å². The van der Waals surface area contributed by atoms with Crippen LogP contribution in [0.3, 0.4) is 0 Å². The van der Waals surface area contributed by atoms with E-state index in [-0.39, 0.29) is 22.5 Å². The molecule has 152 valence electrons. The minimum Gasteiger partial charge on any atom is -0.497 e. The highest BCUT2D eigenvalue weighted by atomic mass is 35.5. The molecule has 0 aromatic heterocycles. The van der Waals surface area contributed by atoms with Crippen molar-refractivity contribution >= 4 is 21.6 Å². The largest absolute Gasteiger partial charge is 0.497 e. The number of nitrogens with zero attached hydrogens (tertiary/aromatic N) is 1. The van der Waals surface area contributed by atoms with Crippen molar-refractivity contribution in [2.45, 2.75) is 30.2 Å². The fraction of sp³-hybridized carbons (Fsp3) is 0.400. The van der Waals surface area contributed by atoms with E-state index < -0.39 is 15.8 Å². The third kappa shape index (κ3) is 5.03. The molecule has 0 amide bonds. The average molecular weight is 427 g/mol. The van der Waals surface area contributed by atoms with Gasteiger partial charge in [0.1, 0.15) is 16.5 Å². The van der Waals surface area contributed by atoms with Crippen LogP contribution in [-0.4, -0.2) is 40.1 Å². The summed E-state index contributed by atoms with van der Waals surface area (Å²) >= 11 is 5.94. The quantitative estimate of drug-likeness (QED) is 0.727. The number of piperidine rings is 1. The Morgan fingerprint density at radius 3 is 2.43 bits per heavy atom. The van der Waals surface area contributed by atoms with Crippen LogP contribution in [0.15, 0.2) is 47.4 Å². The standard InChI is InChI=1S/C20H24ClFN2O3S/c1-27-17-8-5-15(6-9-17)19(24-11-3-2-4-12-24)14-23-28(25,26)20-10-7-16(22)13-18(20)21/h5-10,13,19,23H,2-4,11-12,14H2,1H3. The number of ether oxygens (including phenoxy) is 1. The van der Waals surface area contributed by atoms with Gasteiger partial charge in [0.25, 0.3) is 0 Å². The maximum atomic E-state index is 13.3. The van der Waals surface area contributed by atoms with E-state index in [1.165, 1.54) is 12.5 Å². The zero-order chi connectivity index (χ0) is 20.1. The van der Waals surface area contributed by atoms with E-state index in [2.05, 4.69) is 9.62 Å². The lowest BCUT2D eigenvalue weighted by Gasteiger charge is -2.35. The van der Waals surface area contributed by atoms with Crippen LogP contribution in [0.1, 0.15) is 30.9 Å². The van der Waals surface area contributed by atoms with Crippen LogP contribution in [-0.2, 0) is 10.0 Å². The van der Waals surface area contributed by atoms with Crippen LogP contribution in [0, 0.1) is 5.82 Å². The maximum absolute atomic E-state index is 13.3. The monoisotopic (exact) mass is 426 g/mol. The number of rotatable bonds is 7. The summed E-state index contributed by atoms with van der Waals surface area (Å²) in [7, 11) is -2.25. The number of nitrogens with one attached hydrogen (secondary N) is 1. The molecule has 1 saturated heterocycles. The molecule has 28 heavy (non-hydrogen) atoms. The first-order chi connectivity index (χ1) is 13.4. The predicted molar refractivity (Wildman–Crippen MR) is 108 cm³/mol. The molecular formula is C20H24ClFN2O3S. The Kier molecular flexibility index (Phi) is 6.93. The van der Waals surface area contributed by atoms with E-state index in [4.69, 9.17) is 16.3 Å². The molecule has 5 nitrogen and oxygen atoms in total. The molecule has 8 heteroatoms. The highest BCUT2D eigenvalue weighted by Gasteiger charge is 2.26. The zero-order valence-corrected chi connectivity index (χ0v) is 17.3. The van der Waals surface area contributed by atoms with Gasteiger partial charge in [-0.25, -0.2) is 17.5 Å². The normalized spacial score (nSPS) is 16.7. The van der Waals surface area contributed by atoms with E-state index in [1.807, 2.05) is 24.3 Å². The summed E-state index contributed by atoms with van der Waals surface area (Å²) in [5.41, 5.74) is 1.01. The second-order valence-corrected chi connectivity index (χ2v) is 8.95. The molecule has 1 heterocycles. The second-order valence-electron chi connectivity index (χ2n) is 6.81. The van der Waals surface area contributed by atoms with Crippen molar-refractivity contribution in [1.29, 1.82) is 0 Å². The van der Waals surface area contributed by atoms with Gasteiger partial charge in [0.05, 0.1) is 12.1 Å². The van der Waals surface area contributed by atoms with Crippen molar-refractivity contribution in [3.8, 4) is 5.75 Å². The van der Waals surface area contributed by atoms with Crippen molar-refractivity contribution in [3.05, 3.63) is 58.9 Å².